The molecule has 1 aliphatic rings. The van der Waals surface area contributed by atoms with Crippen LogP contribution < -0.4 is 10.1 Å². The van der Waals surface area contributed by atoms with Gasteiger partial charge in [0.25, 0.3) is 5.91 Å². The van der Waals surface area contributed by atoms with Crippen LogP contribution >= 0.6 is 0 Å². The number of rotatable bonds is 6. The molecule has 6 nitrogen and oxygen atoms in total. The van der Waals surface area contributed by atoms with Crippen LogP contribution in [0.5, 0.6) is 5.75 Å². The lowest BCUT2D eigenvalue weighted by Crippen LogP contribution is -2.54. The van der Waals surface area contributed by atoms with E-state index >= 15 is 0 Å². The molecule has 0 saturated carbocycles. The quantitative estimate of drug-likeness (QED) is 0.626. The van der Waals surface area contributed by atoms with Crippen molar-refractivity contribution in [1.82, 2.24) is 15.2 Å². The SMILES string of the molecule is CNC(=O)[C@]1(Cc2ccccc2-c2cccnc2)CCCN(C(=O)c2cccc(OC)c2)C1. The van der Waals surface area contributed by atoms with E-state index in [1.54, 1.807) is 37.4 Å². The van der Waals surface area contributed by atoms with Gasteiger partial charge in [-0.1, -0.05) is 36.4 Å². The molecule has 2 heterocycles. The van der Waals surface area contributed by atoms with Gasteiger partial charge in [0.15, 0.2) is 0 Å². The number of hydrogen-bond donors (Lipinski definition) is 1. The smallest absolute Gasteiger partial charge is 0.254 e. The fourth-order valence-electron chi connectivity index (χ4n) is 4.76. The van der Waals surface area contributed by atoms with Gasteiger partial charge in [-0.25, -0.2) is 0 Å². The van der Waals surface area contributed by atoms with Gasteiger partial charge in [-0.2, -0.15) is 0 Å². The summed E-state index contributed by atoms with van der Waals surface area (Å²) in [5.74, 6) is 0.523. The number of methoxy groups -OCH3 is 1. The van der Waals surface area contributed by atoms with Crippen molar-refractivity contribution in [2.45, 2.75) is 19.3 Å². The molecule has 1 aromatic heterocycles. The van der Waals surface area contributed by atoms with Gasteiger partial charge in [0.05, 0.1) is 12.5 Å². The highest BCUT2D eigenvalue weighted by molar-refractivity contribution is 5.95. The van der Waals surface area contributed by atoms with E-state index in [0.29, 0.717) is 30.8 Å². The van der Waals surface area contributed by atoms with E-state index in [0.717, 1.165) is 29.5 Å². The van der Waals surface area contributed by atoms with Gasteiger partial charge in [0.2, 0.25) is 5.91 Å². The molecule has 0 spiro atoms. The van der Waals surface area contributed by atoms with E-state index in [1.165, 1.54) is 0 Å². The lowest BCUT2D eigenvalue weighted by Gasteiger charge is -2.42. The number of pyridine rings is 1. The molecule has 0 unspecified atom stereocenters. The van der Waals surface area contributed by atoms with Gasteiger partial charge < -0.3 is 15.0 Å². The second-order valence-corrected chi connectivity index (χ2v) is 8.50. The highest BCUT2D eigenvalue weighted by Crippen LogP contribution is 2.37. The summed E-state index contributed by atoms with van der Waals surface area (Å²) >= 11 is 0. The number of carbonyl (C=O) groups excluding carboxylic acids is 2. The van der Waals surface area contributed by atoms with E-state index in [4.69, 9.17) is 4.74 Å². The first-order valence-electron chi connectivity index (χ1n) is 11.2. The van der Waals surface area contributed by atoms with Crippen LogP contribution in [0.4, 0.5) is 0 Å². The number of amides is 2. The molecule has 1 saturated heterocycles. The van der Waals surface area contributed by atoms with Gasteiger partial charge in [0.1, 0.15) is 5.75 Å². The maximum absolute atomic E-state index is 13.3. The van der Waals surface area contributed by atoms with Crippen LogP contribution in [-0.4, -0.2) is 48.9 Å². The molecular weight excluding hydrogens is 414 g/mol. The average molecular weight is 444 g/mol. The van der Waals surface area contributed by atoms with Crippen molar-refractivity contribution in [3.05, 3.63) is 84.2 Å². The fourth-order valence-corrected chi connectivity index (χ4v) is 4.76. The third-order valence-electron chi connectivity index (χ3n) is 6.41. The van der Waals surface area contributed by atoms with E-state index in [1.807, 2.05) is 42.6 Å². The topological polar surface area (TPSA) is 71.5 Å². The Morgan fingerprint density at radius 2 is 1.97 bits per heavy atom. The lowest BCUT2D eigenvalue weighted by molar-refractivity contribution is -0.133. The van der Waals surface area contributed by atoms with E-state index in [9.17, 15) is 9.59 Å². The molecule has 2 aromatic carbocycles. The largest absolute Gasteiger partial charge is 0.497 e. The minimum atomic E-state index is -0.708. The number of likely N-dealkylation sites (tertiary alicyclic amines) is 1. The molecule has 3 aromatic rings. The van der Waals surface area contributed by atoms with Crippen molar-refractivity contribution >= 4 is 11.8 Å². The molecule has 1 fully saturated rings. The minimum absolute atomic E-state index is 0.0355. The number of carbonyl (C=O) groups is 2. The summed E-state index contributed by atoms with van der Waals surface area (Å²) in [4.78, 5) is 32.7. The standard InChI is InChI=1S/C27H29N3O3/c1-28-26(32)27(17-21-8-3-4-12-24(21)22-10-6-14-29-18-22)13-7-15-30(19-27)25(31)20-9-5-11-23(16-20)33-2/h3-6,8-12,14,16,18H,7,13,15,17,19H2,1-2H3,(H,28,32)/t27-/m0/s1. The first-order valence-corrected chi connectivity index (χ1v) is 11.2. The van der Waals surface area contributed by atoms with Crippen molar-refractivity contribution in [3.63, 3.8) is 0 Å². The van der Waals surface area contributed by atoms with Crippen LogP contribution in [0.25, 0.3) is 11.1 Å². The van der Waals surface area contributed by atoms with Gasteiger partial charge in [-0.3, -0.25) is 14.6 Å². The molecule has 6 heteroatoms. The lowest BCUT2D eigenvalue weighted by atomic mass is 9.73. The molecular formula is C27H29N3O3. The van der Waals surface area contributed by atoms with Crippen molar-refractivity contribution in [2.24, 2.45) is 5.41 Å². The summed E-state index contributed by atoms with van der Waals surface area (Å²) in [6.45, 7) is 0.989. The summed E-state index contributed by atoms with van der Waals surface area (Å²) in [6, 6.07) is 19.2. The van der Waals surface area contributed by atoms with E-state index in [-0.39, 0.29) is 11.8 Å². The zero-order valence-corrected chi connectivity index (χ0v) is 19.1. The Morgan fingerprint density at radius 3 is 2.73 bits per heavy atom. The Balaban J connectivity index is 1.66. The van der Waals surface area contributed by atoms with Crippen molar-refractivity contribution in [1.29, 1.82) is 0 Å². The highest BCUT2D eigenvalue weighted by atomic mass is 16.5. The fraction of sp³-hybridized carbons (Fsp3) is 0.296. The summed E-state index contributed by atoms with van der Waals surface area (Å²) in [5, 5.41) is 2.86. The summed E-state index contributed by atoms with van der Waals surface area (Å²) in [7, 11) is 3.25. The van der Waals surface area contributed by atoms with Gasteiger partial charge in [-0.15, -0.1) is 0 Å². The normalized spacial score (nSPS) is 17.9. The minimum Gasteiger partial charge on any atom is -0.497 e. The van der Waals surface area contributed by atoms with Gasteiger partial charge in [-0.05, 0) is 54.7 Å². The van der Waals surface area contributed by atoms with Gasteiger partial charge >= 0.3 is 0 Å². The van der Waals surface area contributed by atoms with Crippen LogP contribution in [0.15, 0.2) is 73.1 Å². The molecule has 1 N–H and O–H groups in total. The Morgan fingerprint density at radius 1 is 1.12 bits per heavy atom. The zero-order chi connectivity index (χ0) is 23.3. The average Bonchev–Trinajstić information content (AvgIpc) is 2.88. The number of nitrogens with one attached hydrogen (secondary N) is 1. The molecule has 1 atom stereocenters. The molecule has 0 bridgehead atoms. The third kappa shape index (κ3) is 4.75. The second-order valence-electron chi connectivity index (χ2n) is 8.50. The predicted molar refractivity (Wildman–Crippen MR) is 128 cm³/mol. The van der Waals surface area contributed by atoms with Crippen LogP contribution in [0.3, 0.4) is 0 Å². The Labute approximate surface area is 194 Å². The molecule has 4 rings (SSSR count). The number of aromatic nitrogens is 1. The monoisotopic (exact) mass is 443 g/mol. The second kappa shape index (κ2) is 9.86. The van der Waals surface area contributed by atoms with Gasteiger partial charge in [0, 0.05) is 43.7 Å². The van der Waals surface area contributed by atoms with Crippen LogP contribution in [0, 0.1) is 5.41 Å². The number of ether oxygens (including phenoxy) is 1. The first kappa shape index (κ1) is 22.5. The third-order valence-corrected chi connectivity index (χ3v) is 6.41. The maximum Gasteiger partial charge on any atom is 0.254 e. The number of piperidine rings is 1. The number of hydrogen-bond acceptors (Lipinski definition) is 4. The molecule has 0 aliphatic carbocycles. The van der Waals surface area contributed by atoms with E-state index < -0.39 is 5.41 Å². The first-order chi connectivity index (χ1) is 16.1. The zero-order valence-electron chi connectivity index (χ0n) is 19.1. The summed E-state index contributed by atoms with van der Waals surface area (Å²) in [6.07, 6.45) is 5.61. The Bertz CT molecular complexity index is 1130. The van der Waals surface area contributed by atoms with Crippen molar-refractivity contribution in [2.75, 3.05) is 27.2 Å². The highest BCUT2D eigenvalue weighted by Gasteiger charge is 2.43. The number of benzene rings is 2. The van der Waals surface area contributed by atoms with Crippen molar-refractivity contribution in [3.8, 4) is 16.9 Å². The molecule has 170 valence electrons. The maximum atomic E-state index is 13.3. The Hall–Kier alpha value is -3.67. The predicted octanol–water partition coefficient (Wildman–Crippen LogP) is 3.97. The van der Waals surface area contributed by atoms with E-state index in [2.05, 4.69) is 22.4 Å². The molecule has 0 radical (unpaired) electrons. The summed E-state index contributed by atoms with van der Waals surface area (Å²) < 4.78 is 5.28. The summed E-state index contributed by atoms with van der Waals surface area (Å²) in [5.41, 5.74) is 3.01. The molecule has 1 aliphatic heterocycles. The number of nitrogens with zero attached hydrogens (tertiary/aromatic N) is 2. The van der Waals surface area contributed by atoms with Crippen LogP contribution in [-0.2, 0) is 11.2 Å². The molecule has 2 amide bonds. The molecule has 33 heavy (non-hydrogen) atoms. The Kier molecular flexibility index (Phi) is 6.73. The van der Waals surface area contributed by atoms with Crippen LogP contribution in [0.1, 0.15) is 28.8 Å². The van der Waals surface area contributed by atoms with Crippen LogP contribution in [0.2, 0.25) is 0 Å². The van der Waals surface area contributed by atoms with Crippen molar-refractivity contribution < 1.29 is 14.3 Å².